The van der Waals surface area contributed by atoms with Crippen molar-refractivity contribution >= 4 is 43.1 Å². The van der Waals surface area contributed by atoms with Crippen LogP contribution in [-0.2, 0) is 6.42 Å². The summed E-state index contributed by atoms with van der Waals surface area (Å²) in [7, 11) is 0. The van der Waals surface area contributed by atoms with Crippen LogP contribution < -0.4 is 0 Å². The fourth-order valence-electron chi connectivity index (χ4n) is 4.41. The van der Waals surface area contributed by atoms with E-state index in [9.17, 15) is 0 Å². The molecule has 0 saturated carbocycles. The van der Waals surface area contributed by atoms with Gasteiger partial charge in [-0.25, -0.2) is 0 Å². The van der Waals surface area contributed by atoms with E-state index < -0.39 is 0 Å². The summed E-state index contributed by atoms with van der Waals surface area (Å²) in [6.07, 6.45) is 8.93. The van der Waals surface area contributed by atoms with Crippen molar-refractivity contribution in [1.82, 2.24) is 4.98 Å². The molecule has 0 atom stereocenters. The highest BCUT2D eigenvalue weighted by molar-refractivity contribution is 6.22. The SMILES string of the molecule is CCCCCc1cncc2ccc3c4ccc5ccccc5c4ccc3c12. The molecule has 0 radical (unpaired) electrons. The minimum absolute atomic E-state index is 1.10. The Morgan fingerprint density at radius 3 is 2.22 bits per heavy atom. The van der Waals surface area contributed by atoms with Crippen molar-refractivity contribution in [2.75, 3.05) is 0 Å². The minimum atomic E-state index is 1.10. The lowest BCUT2D eigenvalue weighted by Crippen LogP contribution is -1.91. The Hall–Kier alpha value is -2.93. The zero-order valence-electron chi connectivity index (χ0n) is 15.7. The van der Waals surface area contributed by atoms with Crippen LogP contribution in [0.1, 0.15) is 31.7 Å². The van der Waals surface area contributed by atoms with E-state index in [0.29, 0.717) is 0 Å². The molecule has 0 N–H and O–H groups in total. The lowest BCUT2D eigenvalue weighted by molar-refractivity contribution is 0.718. The molecule has 4 aromatic carbocycles. The van der Waals surface area contributed by atoms with E-state index in [1.54, 1.807) is 0 Å². The first-order valence-corrected chi connectivity index (χ1v) is 9.96. The number of fused-ring (bicyclic) bond motifs is 7. The van der Waals surface area contributed by atoms with Gasteiger partial charge in [0.05, 0.1) is 0 Å². The van der Waals surface area contributed by atoms with Crippen LogP contribution >= 0.6 is 0 Å². The van der Waals surface area contributed by atoms with Crippen LogP contribution in [0.25, 0.3) is 43.1 Å². The number of pyridine rings is 1. The predicted octanol–water partition coefficient (Wildman–Crippen LogP) is 7.43. The summed E-state index contributed by atoms with van der Waals surface area (Å²) >= 11 is 0. The van der Waals surface area contributed by atoms with Gasteiger partial charge < -0.3 is 0 Å². The van der Waals surface area contributed by atoms with Gasteiger partial charge in [-0.2, -0.15) is 0 Å². The number of rotatable bonds is 4. The third-order valence-electron chi connectivity index (χ3n) is 5.77. The molecular formula is C26H23N. The molecule has 0 fully saturated rings. The van der Waals surface area contributed by atoms with Crippen molar-refractivity contribution < 1.29 is 0 Å². The molecule has 5 rings (SSSR count). The Bertz CT molecular complexity index is 1280. The smallest absolute Gasteiger partial charge is 0.0346 e. The molecule has 27 heavy (non-hydrogen) atoms. The van der Waals surface area contributed by atoms with Crippen LogP contribution in [0.4, 0.5) is 0 Å². The van der Waals surface area contributed by atoms with Crippen molar-refractivity contribution in [2.24, 2.45) is 0 Å². The van der Waals surface area contributed by atoms with Gasteiger partial charge in [0.1, 0.15) is 0 Å². The van der Waals surface area contributed by atoms with Gasteiger partial charge in [0.15, 0.2) is 0 Å². The number of nitrogens with zero attached hydrogens (tertiary/aromatic N) is 1. The number of hydrogen-bond donors (Lipinski definition) is 0. The molecule has 132 valence electrons. The molecule has 1 aromatic heterocycles. The topological polar surface area (TPSA) is 12.9 Å². The molecule has 0 amide bonds. The largest absolute Gasteiger partial charge is 0.264 e. The molecule has 0 saturated heterocycles. The molecule has 0 unspecified atom stereocenters. The highest BCUT2D eigenvalue weighted by Gasteiger charge is 2.10. The Morgan fingerprint density at radius 2 is 1.33 bits per heavy atom. The standard InChI is InChI=1S/C26H23N/c1-2-3-4-8-19-16-27-17-20-11-13-24-23-12-10-18-7-5-6-9-21(18)22(23)14-15-25(24)26(19)20/h5-7,9-17H,2-4,8H2,1H3. The molecule has 0 bridgehead atoms. The monoisotopic (exact) mass is 349 g/mol. The normalized spacial score (nSPS) is 11.7. The highest BCUT2D eigenvalue weighted by atomic mass is 14.6. The second-order valence-corrected chi connectivity index (χ2v) is 7.46. The van der Waals surface area contributed by atoms with E-state index in [1.807, 2.05) is 6.20 Å². The van der Waals surface area contributed by atoms with Crippen LogP contribution in [0.2, 0.25) is 0 Å². The number of benzene rings is 4. The quantitative estimate of drug-likeness (QED) is 0.243. The fourth-order valence-corrected chi connectivity index (χ4v) is 4.41. The van der Waals surface area contributed by atoms with Gasteiger partial charge in [-0.3, -0.25) is 4.98 Å². The molecule has 1 nitrogen and oxygen atoms in total. The van der Waals surface area contributed by atoms with Crippen molar-refractivity contribution in [3.63, 3.8) is 0 Å². The van der Waals surface area contributed by atoms with Crippen LogP contribution in [-0.4, -0.2) is 4.98 Å². The van der Waals surface area contributed by atoms with Gasteiger partial charge in [0.2, 0.25) is 0 Å². The summed E-state index contributed by atoms with van der Waals surface area (Å²) < 4.78 is 0. The lowest BCUT2D eigenvalue weighted by Gasteiger charge is -2.12. The Labute approximate surface area is 159 Å². The van der Waals surface area contributed by atoms with Crippen LogP contribution in [0.15, 0.2) is 73.1 Å². The first-order valence-electron chi connectivity index (χ1n) is 9.96. The molecule has 1 heteroatoms. The van der Waals surface area contributed by atoms with E-state index >= 15 is 0 Å². The molecule has 5 aromatic rings. The fraction of sp³-hybridized carbons (Fsp3) is 0.192. The number of hydrogen-bond acceptors (Lipinski definition) is 1. The van der Waals surface area contributed by atoms with Crippen LogP contribution in [0.3, 0.4) is 0 Å². The molecule has 0 aliphatic heterocycles. The van der Waals surface area contributed by atoms with E-state index in [0.717, 1.165) is 6.42 Å². The van der Waals surface area contributed by atoms with Crippen LogP contribution in [0.5, 0.6) is 0 Å². The third kappa shape index (κ3) is 2.66. The average molecular weight is 349 g/mol. The summed E-state index contributed by atoms with van der Waals surface area (Å²) in [5.74, 6) is 0. The first-order chi connectivity index (χ1) is 13.4. The second-order valence-electron chi connectivity index (χ2n) is 7.46. The summed E-state index contributed by atoms with van der Waals surface area (Å²) in [5.41, 5.74) is 1.38. The predicted molar refractivity (Wildman–Crippen MR) is 117 cm³/mol. The maximum atomic E-state index is 4.50. The highest BCUT2D eigenvalue weighted by Crippen LogP contribution is 2.35. The summed E-state index contributed by atoms with van der Waals surface area (Å²) in [6, 6.07) is 22.3. The number of aromatic nitrogens is 1. The molecule has 1 heterocycles. The minimum Gasteiger partial charge on any atom is -0.264 e. The van der Waals surface area contributed by atoms with Gasteiger partial charge in [-0.05, 0) is 56.1 Å². The van der Waals surface area contributed by atoms with Gasteiger partial charge in [-0.15, -0.1) is 0 Å². The summed E-state index contributed by atoms with van der Waals surface area (Å²) in [4.78, 5) is 4.50. The Morgan fingerprint density at radius 1 is 0.630 bits per heavy atom. The van der Waals surface area contributed by atoms with Crippen molar-refractivity contribution in [3.05, 3.63) is 78.6 Å². The second kappa shape index (κ2) is 6.66. The average Bonchev–Trinajstić information content (AvgIpc) is 2.73. The van der Waals surface area contributed by atoms with E-state index in [-0.39, 0.29) is 0 Å². The Kier molecular flexibility index (Phi) is 4.01. The van der Waals surface area contributed by atoms with Gasteiger partial charge >= 0.3 is 0 Å². The molecule has 0 aliphatic rings. The third-order valence-corrected chi connectivity index (χ3v) is 5.77. The van der Waals surface area contributed by atoms with E-state index in [2.05, 4.69) is 78.8 Å². The van der Waals surface area contributed by atoms with E-state index in [4.69, 9.17) is 0 Å². The maximum Gasteiger partial charge on any atom is 0.0346 e. The zero-order valence-corrected chi connectivity index (χ0v) is 15.7. The van der Waals surface area contributed by atoms with Crippen LogP contribution in [0, 0.1) is 0 Å². The van der Waals surface area contributed by atoms with Crippen molar-refractivity contribution in [2.45, 2.75) is 32.6 Å². The summed E-state index contributed by atoms with van der Waals surface area (Å²) in [5, 5.41) is 10.6. The number of unbranched alkanes of at least 4 members (excludes halogenated alkanes) is 2. The molecule has 0 aliphatic carbocycles. The Balaban J connectivity index is 1.83. The number of aryl methyl sites for hydroxylation is 1. The lowest BCUT2D eigenvalue weighted by atomic mass is 9.92. The summed E-state index contributed by atoms with van der Waals surface area (Å²) in [6.45, 7) is 2.26. The molecule has 0 spiro atoms. The first kappa shape index (κ1) is 16.3. The van der Waals surface area contributed by atoms with Crippen molar-refractivity contribution in [3.8, 4) is 0 Å². The zero-order chi connectivity index (χ0) is 18.2. The van der Waals surface area contributed by atoms with Gasteiger partial charge in [0.25, 0.3) is 0 Å². The maximum absolute atomic E-state index is 4.50. The van der Waals surface area contributed by atoms with E-state index in [1.165, 1.54) is 67.9 Å². The van der Waals surface area contributed by atoms with Gasteiger partial charge in [-0.1, -0.05) is 80.4 Å². The molecular weight excluding hydrogens is 326 g/mol. The van der Waals surface area contributed by atoms with Gasteiger partial charge in [0, 0.05) is 17.8 Å². The van der Waals surface area contributed by atoms with Crippen molar-refractivity contribution in [1.29, 1.82) is 0 Å².